The van der Waals surface area contributed by atoms with E-state index in [0.29, 0.717) is 19.0 Å². The lowest BCUT2D eigenvalue weighted by molar-refractivity contribution is 0.0931. The molecule has 31 heavy (non-hydrogen) atoms. The average Bonchev–Trinajstić information content (AvgIpc) is 3.43. The molecule has 2 aromatic carbocycles. The topological polar surface area (TPSA) is 63.1 Å². The van der Waals surface area contributed by atoms with Crippen molar-refractivity contribution in [3.05, 3.63) is 77.4 Å². The van der Waals surface area contributed by atoms with E-state index in [0.717, 1.165) is 43.0 Å². The number of likely N-dealkylation sites (N-methyl/N-ethyl adjacent to an activating group) is 1. The lowest BCUT2D eigenvalue weighted by atomic mass is 10.1. The number of nitrogens with one attached hydrogen (secondary N) is 1. The van der Waals surface area contributed by atoms with Gasteiger partial charge in [0.15, 0.2) is 0 Å². The van der Waals surface area contributed by atoms with Crippen LogP contribution in [0, 0.1) is 6.92 Å². The van der Waals surface area contributed by atoms with Gasteiger partial charge in [0.25, 0.3) is 5.91 Å². The molecule has 0 spiro atoms. The van der Waals surface area contributed by atoms with Gasteiger partial charge in [0.2, 0.25) is 5.82 Å². The molecule has 1 unspecified atom stereocenters. The zero-order chi connectivity index (χ0) is 21.6. The second-order valence-electron chi connectivity index (χ2n) is 8.22. The molecule has 3 aromatic rings. The van der Waals surface area contributed by atoms with Crippen molar-refractivity contribution < 1.29 is 4.79 Å². The third-order valence-corrected chi connectivity index (χ3v) is 6.01. The third-order valence-electron chi connectivity index (χ3n) is 6.01. The molecule has 1 aliphatic heterocycles. The zero-order valence-corrected chi connectivity index (χ0v) is 18.4. The standard InChI is InChI=1S/C25H31N5O/c1-3-29-16-8-13-22(29)18-26-25(31)24-27-23(15-14-20-10-5-4-6-11-20)30(28-24)21-12-7-9-19(2)17-21/h4-7,9-12,17,22H,3,8,13-16,18H2,1-2H3,(H,26,31). The Morgan fingerprint density at radius 3 is 2.74 bits per heavy atom. The van der Waals surface area contributed by atoms with Crippen molar-refractivity contribution in [3.63, 3.8) is 0 Å². The number of rotatable bonds is 8. The summed E-state index contributed by atoms with van der Waals surface area (Å²) in [5.41, 5.74) is 3.32. The van der Waals surface area contributed by atoms with Crippen LogP contribution in [-0.2, 0) is 12.8 Å². The van der Waals surface area contributed by atoms with Gasteiger partial charge in [-0.05, 0) is 62.5 Å². The summed E-state index contributed by atoms with van der Waals surface area (Å²) in [5.74, 6) is 0.844. The van der Waals surface area contributed by atoms with Crippen LogP contribution in [0.2, 0.25) is 0 Å². The van der Waals surface area contributed by atoms with Crippen molar-refractivity contribution in [3.8, 4) is 5.69 Å². The maximum absolute atomic E-state index is 12.9. The molecule has 2 heterocycles. The first-order valence-corrected chi connectivity index (χ1v) is 11.2. The molecule has 6 heteroatoms. The second-order valence-corrected chi connectivity index (χ2v) is 8.22. The molecule has 4 rings (SSSR count). The van der Waals surface area contributed by atoms with Gasteiger partial charge < -0.3 is 5.32 Å². The quantitative estimate of drug-likeness (QED) is 0.609. The summed E-state index contributed by atoms with van der Waals surface area (Å²) in [4.78, 5) is 19.9. The molecule has 1 saturated heterocycles. The minimum Gasteiger partial charge on any atom is -0.348 e. The number of aryl methyl sites for hydroxylation is 3. The van der Waals surface area contributed by atoms with Crippen LogP contribution in [0.5, 0.6) is 0 Å². The summed E-state index contributed by atoms with van der Waals surface area (Å²) in [7, 11) is 0. The van der Waals surface area contributed by atoms with E-state index < -0.39 is 0 Å². The van der Waals surface area contributed by atoms with Crippen molar-refractivity contribution in [2.24, 2.45) is 0 Å². The normalized spacial score (nSPS) is 16.5. The summed E-state index contributed by atoms with van der Waals surface area (Å²) in [5, 5.41) is 7.66. The maximum Gasteiger partial charge on any atom is 0.291 e. The van der Waals surface area contributed by atoms with Crippen LogP contribution in [0.4, 0.5) is 0 Å². The van der Waals surface area contributed by atoms with Crippen LogP contribution in [0.3, 0.4) is 0 Å². The number of carbonyl (C=O) groups is 1. The highest BCUT2D eigenvalue weighted by Crippen LogP contribution is 2.17. The van der Waals surface area contributed by atoms with Gasteiger partial charge in [0.1, 0.15) is 5.82 Å². The van der Waals surface area contributed by atoms with E-state index in [2.05, 4.69) is 58.4 Å². The van der Waals surface area contributed by atoms with Gasteiger partial charge in [0.05, 0.1) is 5.69 Å². The molecule has 162 valence electrons. The second kappa shape index (κ2) is 9.88. The smallest absolute Gasteiger partial charge is 0.291 e. The van der Waals surface area contributed by atoms with E-state index in [-0.39, 0.29) is 11.7 Å². The Morgan fingerprint density at radius 1 is 1.13 bits per heavy atom. The Hall–Kier alpha value is -2.99. The molecule has 0 radical (unpaired) electrons. The van der Waals surface area contributed by atoms with Crippen LogP contribution in [0.1, 0.15) is 47.3 Å². The lowest BCUT2D eigenvalue weighted by Crippen LogP contribution is -2.40. The molecule has 1 aromatic heterocycles. The molecule has 1 fully saturated rings. The average molecular weight is 418 g/mol. The van der Waals surface area contributed by atoms with Crippen LogP contribution in [0.25, 0.3) is 5.69 Å². The fourth-order valence-electron chi connectivity index (χ4n) is 4.30. The van der Waals surface area contributed by atoms with Crippen molar-refractivity contribution in [2.45, 2.75) is 45.6 Å². The van der Waals surface area contributed by atoms with Gasteiger partial charge in [-0.2, -0.15) is 0 Å². The fourth-order valence-corrected chi connectivity index (χ4v) is 4.30. The number of benzene rings is 2. The predicted octanol–water partition coefficient (Wildman–Crippen LogP) is 3.58. The summed E-state index contributed by atoms with van der Waals surface area (Å²) >= 11 is 0. The molecule has 1 N–H and O–H groups in total. The van der Waals surface area contributed by atoms with E-state index in [1.165, 1.54) is 12.0 Å². The number of amides is 1. The largest absolute Gasteiger partial charge is 0.348 e. The number of hydrogen-bond donors (Lipinski definition) is 1. The first kappa shape index (κ1) is 21.2. The van der Waals surface area contributed by atoms with Crippen molar-refractivity contribution in [1.29, 1.82) is 0 Å². The Bertz CT molecular complexity index is 1010. The number of aromatic nitrogens is 3. The predicted molar refractivity (Wildman–Crippen MR) is 123 cm³/mol. The van der Waals surface area contributed by atoms with Crippen LogP contribution in [-0.4, -0.2) is 51.2 Å². The Kier molecular flexibility index (Phi) is 6.77. The van der Waals surface area contributed by atoms with E-state index in [4.69, 9.17) is 0 Å². The van der Waals surface area contributed by atoms with Gasteiger partial charge in [-0.3, -0.25) is 9.69 Å². The fraction of sp³-hybridized carbons (Fsp3) is 0.400. The van der Waals surface area contributed by atoms with E-state index in [9.17, 15) is 4.79 Å². The van der Waals surface area contributed by atoms with Crippen LogP contribution >= 0.6 is 0 Å². The first-order chi connectivity index (χ1) is 15.1. The van der Waals surface area contributed by atoms with Gasteiger partial charge >= 0.3 is 0 Å². The molecule has 0 bridgehead atoms. The Morgan fingerprint density at radius 2 is 1.97 bits per heavy atom. The van der Waals surface area contributed by atoms with Gasteiger partial charge in [-0.25, -0.2) is 9.67 Å². The first-order valence-electron chi connectivity index (χ1n) is 11.2. The number of carbonyl (C=O) groups excluding carboxylic acids is 1. The van der Waals surface area contributed by atoms with Gasteiger partial charge in [-0.15, -0.1) is 5.10 Å². The summed E-state index contributed by atoms with van der Waals surface area (Å²) < 4.78 is 1.82. The summed E-state index contributed by atoms with van der Waals surface area (Å²) in [6.07, 6.45) is 3.88. The minimum absolute atomic E-state index is 0.199. The highest BCUT2D eigenvalue weighted by Gasteiger charge is 2.24. The number of hydrogen-bond acceptors (Lipinski definition) is 4. The van der Waals surface area contributed by atoms with Crippen molar-refractivity contribution in [1.82, 2.24) is 25.0 Å². The zero-order valence-electron chi connectivity index (χ0n) is 18.4. The van der Waals surface area contributed by atoms with Crippen molar-refractivity contribution in [2.75, 3.05) is 19.6 Å². The van der Waals surface area contributed by atoms with E-state index in [1.807, 2.05) is 35.0 Å². The summed E-state index contributed by atoms with van der Waals surface area (Å²) in [6.45, 7) is 7.00. The van der Waals surface area contributed by atoms with E-state index in [1.54, 1.807) is 0 Å². The number of nitrogens with zero attached hydrogens (tertiary/aromatic N) is 4. The molecule has 6 nitrogen and oxygen atoms in total. The molecule has 1 atom stereocenters. The SMILES string of the molecule is CCN1CCCC1CNC(=O)c1nc(CCc2ccccc2)n(-c2cccc(C)c2)n1. The van der Waals surface area contributed by atoms with Crippen molar-refractivity contribution >= 4 is 5.91 Å². The third kappa shape index (κ3) is 5.20. The molecule has 0 saturated carbocycles. The van der Waals surface area contributed by atoms with E-state index >= 15 is 0 Å². The van der Waals surface area contributed by atoms with Gasteiger partial charge in [-0.1, -0.05) is 49.4 Å². The minimum atomic E-state index is -0.199. The monoisotopic (exact) mass is 417 g/mol. The molecular formula is C25H31N5O. The number of likely N-dealkylation sites (tertiary alicyclic amines) is 1. The molecule has 1 aliphatic rings. The molecule has 1 amide bonds. The summed E-state index contributed by atoms with van der Waals surface area (Å²) in [6, 6.07) is 18.9. The molecule has 0 aliphatic carbocycles. The van der Waals surface area contributed by atoms with Crippen LogP contribution < -0.4 is 5.32 Å². The highest BCUT2D eigenvalue weighted by atomic mass is 16.2. The Balaban J connectivity index is 1.52. The van der Waals surface area contributed by atoms with Crippen LogP contribution in [0.15, 0.2) is 54.6 Å². The maximum atomic E-state index is 12.9. The lowest BCUT2D eigenvalue weighted by Gasteiger charge is -2.22. The molecular weight excluding hydrogens is 386 g/mol. The van der Waals surface area contributed by atoms with Gasteiger partial charge in [0, 0.05) is 19.0 Å². The Labute approximate surface area is 184 Å². The highest BCUT2D eigenvalue weighted by molar-refractivity contribution is 5.90.